The lowest BCUT2D eigenvalue weighted by atomic mass is 10.1. The van der Waals surface area contributed by atoms with E-state index in [9.17, 15) is 0 Å². The SMILES string of the molecule is C[C@H]1CC[C@H](C)N(C)N1C. The van der Waals surface area contributed by atoms with Gasteiger partial charge in [0.1, 0.15) is 0 Å². The Kier molecular flexibility index (Phi) is 2.32. The van der Waals surface area contributed by atoms with E-state index < -0.39 is 0 Å². The fraction of sp³-hybridized carbons (Fsp3) is 1.00. The van der Waals surface area contributed by atoms with Crippen molar-refractivity contribution in [2.75, 3.05) is 14.1 Å². The van der Waals surface area contributed by atoms with E-state index in [4.69, 9.17) is 0 Å². The minimum Gasteiger partial charge on any atom is -0.242 e. The average molecular weight is 142 g/mol. The molecule has 0 saturated carbocycles. The smallest absolute Gasteiger partial charge is 0.0215 e. The van der Waals surface area contributed by atoms with E-state index in [0.29, 0.717) is 0 Å². The highest BCUT2D eigenvalue weighted by atomic mass is 15.6. The van der Waals surface area contributed by atoms with Gasteiger partial charge in [0.25, 0.3) is 0 Å². The van der Waals surface area contributed by atoms with Crippen LogP contribution in [0.4, 0.5) is 0 Å². The van der Waals surface area contributed by atoms with Crippen LogP contribution in [0, 0.1) is 0 Å². The zero-order valence-corrected chi connectivity index (χ0v) is 7.46. The summed E-state index contributed by atoms with van der Waals surface area (Å²) < 4.78 is 0. The molecule has 2 nitrogen and oxygen atoms in total. The lowest BCUT2D eigenvalue weighted by molar-refractivity contribution is -0.0738. The van der Waals surface area contributed by atoms with Crippen molar-refractivity contribution < 1.29 is 0 Å². The Morgan fingerprint density at radius 2 is 1.20 bits per heavy atom. The molecule has 0 aromatic carbocycles. The van der Waals surface area contributed by atoms with Crippen LogP contribution >= 0.6 is 0 Å². The van der Waals surface area contributed by atoms with Crippen molar-refractivity contribution in [2.45, 2.75) is 38.8 Å². The summed E-state index contributed by atoms with van der Waals surface area (Å²) in [5.74, 6) is 0. The molecule has 0 aromatic rings. The van der Waals surface area contributed by atoms with Crippen molar-refractivity contribution >= 4 is 0 Å². The van der Waals surface area contributed by atoms with Crippen molar-refractivity contribution in [1.82, 2.24) is 10.0 Å². The zero-order valence-electron chi connectivity index (χ0n) is 7.46. The first-order chi connectivity index (χ1) is 4.63. The molecule has 1 rings (SSSR count). The summed E-state index contributed by atoms with van der Waals surface area (Å²) in [5.41, 5.74) is 0. The van der Waals surface area contributed by atoms with Gasteiger partial charge in [0.2, 0.25) is 0 Å². The molecule has 60 valence electrons. The van der Waals surface area contributed by atoms with Crippen LogP contribution in [0.2, 0.25) is 0 Å². The molecule has 2 heteroatoms. The molecule has 0 N–H and O–H groups in total. The lowest BCUT2D eigenvalue weighted by Crippen LogP contribution is -2.51. The molecule has 2 atom stereocenters. The molecule has 1 fully saturated rings. The predicted octanol–water partition coefficient (Wildman–Crippen LogP) is 1.34. The summed E-state index contributed by atoms with van der Waals surface area (Å²) in [7, 11) is 4.33. The molecule has 0 unspecified atom stereocenters. The number of hydrogen-bond acceptors (Lipinski definition) is 2. The van der Waals surface area contributed by atoms with Gasteiger partial charge in [-0.1, -0.05) is 0 Å². The van der Waals surface area contributed by atoms with Crippen LogP contribution in [-0.4, -0.2) is 36.2 Å². The van der Waals surface area contributed by atoms with Gasteiger partial charge in [0.05, 0.1) is 0 Å². The highest BCUT2D eigenvalue weighted by Crippen LogP contribution is 2.19. The zero-order chi connectivity index (χ0) is 7.72. The summed E-state index contributed by atoms with van der Waals surface area (Å²) in [6.07, 6.45) is 2.67. The Bertz CT molecular complexity index is 99.8. The molecular weight excluding hydrogens is 124 g/mol. The third-order valence-corrected chi connectivity index (χ3v) is 2.78. The molecule has 1 heterocycles. The van der Waals surface area contributed by atoms with Gasteiger partial charge in [0.15, 0.2) is 0 Å². The van der Waals surface area contributed by atoms with Gasteiger partial charge < -0.3 is 0 Å². The van der Waals surface area contributed by atoms with Crippen molar-refractivity contribution in [3.05, 3.63) is 0 Å². The van der Waals surface area contributed by atoms with E-state index in [2.05, 4.69) is 38.0 Å². The average Bonchev–Trinajstić information content (AvgIpc) is 1.93. The fourth-order valence-corrected chi connectivity index (χ4v) is 1.48. The number of hydrazine groups is 1. The summed E-state index contributed by atoms with van der Waals surface area (Å²) in [4.78, 5) is 0. The molecule has 1 aliphatic rings. The van der Waals surface area contributed by atoms with Crippen molar-refractivity contribution in [3.63, 3.8) is 0 Å². The monoisotopic (exact) mass is 142 g/mol. The minimum atomic E-state index is 0.723. The number of rotatable bonds is 0. The Hall–Kier alpha value is -0.0800. The van der Waals surface area contributed by atoms with E-state index in [-0.39, 0.29) is 0 Å². The Morgan fingerprint density at radius 1 is 0.900 bits per heavy atom. The van der Waals surface area contributed by atoms with Crippen molar-refractivity contribution in [3.8, 4) is 0 Å². The second-order valence-electron chi connectivity index (χ2n) is 3.42. The van der Waals surface area contributed by atoms with E-state index in [1.54, 1.807) is 0 Å². The van der Waals surface area contributed by atoms with Crippen LogP contribution in [0.3, 0.4) is 0 Å². The first-order valence-corrected chi connectivity index (χ1v) is 4.08. The molecule has 0 bridgehead atoms. The second-order valence-corrected chi connectivity index (χ2v) is 3.42. The first-order valence-electron chi connectivity index (χ1n) is 4.08. The standard InChI is InChI=1S/C8H18N2/c1-7-5-6-8(2)10(4)9(7)3/h7-8H,5-6H2,1-4H3/t7-,8-/m0/s1. The first kappa shape index (κ1) is 8.02. The highest BCUT2D eigenvalue weighted by molar-refractivity contribution is 4.73. The molecule has 0 aromatic heterocycles. The quantitative estimate of drug-likeness (QED) is 0.503. The lowest BCUT2D eigenvalue weighted by Gasteiger charge is -2.42. The van der Waals surface area contributed by atoms with Crippen LogP contribution < -0.4 is 0 Å². The van der Waals surface area contributed by atoms with Crippen LogP contribution in [0.25, 0.3) is 0 Å². The van der Waals surface area contributed by atoms with Gasteiger partial charge in [0, 0.05) is 26.2 Å². The summed E-state index contributed by atoms with van der Waals surface area (Å²) in [6.45, 7) is 4.56. The van der Waals surface area contributed by atoms with Crippen LogP contribution in [-0.2, 0) is 0 Å². The summed E-state index contributed by atoms with van der Waals surface area (Å²) in [5, 5.41) is 4.66. The van der Waals surface area contributed by atoms with Gasteiger partial charge in [-0.15, -0.1) is 0 Å². The maximum absolute atomic E-state index is 2.33. The Balaban J connectivity index is 2.52. The van der Waals surface area contributed by atoms with E-state index in [1.807, 2.05) is 0 Å². The minimum absolute atomic E-state index is 0.723. The van der Waals surface area contributed by atoms with Gasteiger partial charge >= 0.3 is 0 Å². The third-order valence-electron chi connectivity index (χ3n) is 2.78. The number of nitrogens with zero attached hydrogens (tertiary/aromatic N) is 2. The van der Waals surface area contributed by atoms with Gasteiger partial charge in [-0.2, -0.15) is 0 Å². The van der Waals surface area contributed by atoms with Crippen LogP contribution in [0.5, 0.6) is 0 Å². The molecule has 1 aliphatic heterocycles. The topological polar surface area (TPSA) is 6.48 Å². The van der Waals surface area contributed by atoms with E-state index in [0.717, 1.165) is 12.1 Å². The third kappa shape index (κ3) is 1.32. The molecule has 0 aliphatic carbocycles. The molecule has 0 spiro atoms. The summed E-state index contributed by atoms with van der Waals surface area (Å²) in [6, 6.07) is 1.45. The fourth-order valence-electron chi connectivity index (χ4n) is 1.48. The summed E-state index contributed by atoms with van der Waals surface area (Å²) >= 11 is 0. The molecular formula is C8H18N2. The Morgan fingerprint density at radius 3 is 1.50 bits per heavy atom. The van der Waals surface area contributed by atoms with Crippen LogP contribution in [0.15, 0.2) is 0 Å². The highest BCUT2D eigenvalue weighted by Gasteiger charge is 2.24. The van der Waals surface area contributed by atoms with Gasteiger partial charge in [-0.3, -0.25) is 0 Å². The predicted molar refractivity (Wildman–Crippen MR) is 43.7 cm³/mol. The maximum atomic E-state index is 2.33. The van der Waals surface area contributed by atoms with E-state index in [1.165, 1.54) is 12.8 Å². The van der Waals surface area contributed by atoms with Gasteiger partial charge in [-0.05, 0) is 26.7 Å². The Labute approximate surface area is 63.8 Å². The largest absolute Gasteiger partial charge is 0.242 e. The molecule has 0 amide bonds. The van der Waals surface area contributed by atoms with Crippen LogP contribution in [0.1, 0.15) is 26.7 Å². The van der Waals surface area contributed by atoms with E-state index >= 15 is 0 Å². The molecule has 1 saturated heterocycles. The van der Waals surface area contributed by atoms with Crippen molar-refractivity contribution in [2.24, 2.45) is 0 Å². The molecule has 0 radical (unpaired) electrons. The maximum Gasteiger partial charge on any atom is 0.0215 e. The number of hydrogen-bond donors (Lipinski definition) is 0. The van der Waals surface area contributed by atoms with Gasteiger partial charge in [-0.25, -0.2) is 10.0 Å². The molecule has 10 heavy (non-hydrogen) atoms. The van der Waals surface area contributed by atoms with Crippen molar-refractivity contribution in [1.29, 1.82) is 0 Å². The second kappa shape index (κ2) is 2.89. The normalized spacial score (nSPS) is 38.4.